The second-order valence-corrected chi connectivity index (χ2v) is 2.63. The molecule has 2 aromatic rings. The van der Waals surface area contributed by atoms with Gasteiger partial charge in [0.2, 0.25) is 0 Å². The zero-order chi connectivity index (χ0) is 8.55. The molecule has 2 rings (SSSR count). The fourth-order valence-electron chi connectivity index (χ4n) is 0.933. The molecule has 12 heavy (non-hydrogen) atoms. The van der Waals surface area contributed by atoms with Crippen LogP contribution in [0.3, 0.4) is 0 Å². The van der Waals surface area contributed by atoms with E-state index in [-0.39, 0.29) is 0 Å². The van der Waals surface area contributed by atoms with Crippen LogP contribution in [0.5, 0.6) is 0 Å². The maximum atomic E-state index is 10.3. The zero-order valence-electron chi connectivity index (χ0n) is 5.94. The van der Waals surface area contributed by atoms with Gasteiger partial charge in [-0.15, -0.1) is 0 Å². The SMILES string of the molecule is O=Cc1cc2nc(Cl)ccn2n1. The van der Waals surface area contributed by atoms with E-state index in [0.717, 1.165) is 0 Å². The Morgan fingerprint density at radius 1 is 1.58 bits per heavy atom. The summed E-state index contributed by atoms with van der Waals surface area (Å²) >= 11 is 5.63. The summed E-state index contributed by atoms with van der Waals surface area (Å²) < 4.78 is 1.50. The number of aromatic nitrogens is 3. The molecule has 0 aliphatic heterocycles. The van der Waals surface area contributed by atoms with Crippen LogP contribution in [0.2, 0.25) is 5.15 Å². The van der Waals surface area contributed by atoms with Crippen LogP contribution in [0.1, 0.15) is 10.5 Å². The fourth-order valence-corrected chi connectivity index (χ4v) is 1.08. The molecule has 60 valence electrons. The summed E-state index contributed by atoms with van der Waals surface area (Å²) in [6, 6.07) is 3.18. The minimum atomic E-state index is 0.352. The molecule has 0 fully saturated rings. The molecule has 4 nitrogen and oxygen atoms in total. The van der Waals surface area contributed by atoms with Gasteiger partial charge in [-0.3, -0.25) is 4.79 Å². The van der Waals surface area contributed by atoms with Crippen LogP contribution >= 0.6 is 11.6 Å². The first-order valence-corrected chi connectivity index (χ1v) is 3.64. The quantitative estimate of drug-likeness (QED) is 0.491. The molecule has 0 aromatic carbocycles. The van der Waals surface area contributed by atoms with E-state index in [1.54, 1.807) is 18.3 Å². The van der Waals surface area contributed by atoms with Crippen LogP contribution in [0.15, 0.2) is 18.3 Å². The third kappa shape index (κ3) is 1.06. The molecule has 0 saturated heterocycles. The number of fused-ring (bicyclic) bond motifs is 1. The van der Waals surface area contributed by atoms with Crippen molar-refractivity contribution in [1.29, 1.82) is 0 Å². The van der Waals surface area contributed by atoms with Gasteiger partial charge >= 0.3 is 0 Å². The van der Waals surface area contributed by atoms with Crippen molar-refractivity contribution in [2.75, 3.05) is 0 Å². The normalized spacial score (nSPS) is 10.4. The first-order valence-electron chi connectivity index (χ1n) is 3.27. The Kier molecular flexibility index (Phi) is 1.55. The highest BCUT2D eigenvalue weighted by Gasteiger charge is 2.00. The molecule has 0 bridgehead atoms. The van der Waals surface area contributed by atoms with Crippen molar-refractivity contribution in [2.24, 2.45) is 0 Å². The molecule has 2 aromatic heterocycles. The molecule has 2 heterocycles. The molecule has 5 heteroatoms. The Morgan fingerprint density at radius 3 is 3.17 bits per heavy atom. The van der Waals surface area contributed by atoms with Crippen molar-refractivity contribution in [3.63, 3.8) is 0 Å². The highest BCUT2D eigenvalue weighted by Crippen LogP contribution is 2.07. The second kappa shape index (κ2) is 2.57. The lowest BCUT2D eigenvalue weighted by molar-refractivity contribution is 0.111. The summed E-state index contributed by atoms with van der Waals surface area (Å²) in [4.78, 5) is 14.3. The van der Waals surface area contributed by atoms with Gasteiger partial charge in [0.25, 0.3) is 0 Å². The van der Waals surface area contributed by atoms with E-state index in [0.29, 0.717) is 22.8 Å². The average molecular weight is 182 g/mol. The van der Waals surface area contributed by atoms with E-state index in [2.05, 4.69) is 10.1 Å². The van der Waals surface area contributed by atoms with Crippen LogP contribution in [-0.4, -0.2) is 20.9 Å². The number of carbonyl (C=O) groups excluding carboxylic acids is 1. The molecular weight excluding hydrogens is 178 g/mol. The van der Waals surface area contributed by atoms with Crippen molar-refractivity contribution >= 4 is 23.5 Å². The number of carbonyl (C=O) groups is 1. The average Bonchev–Trinajstić information content (AvgIpc) is 2.46. The highest BCUT2D eigenvalue weighted by atomic mass is 35.5. The van der Waals surface area contributed by atoms with Crippen LogP contribution in [-0.2, 0) is 0 Å². The van der Waals surface area contributed by atoms with Crippen LogP contribution in [0, 0.1) is 0 Å². The number of hydrogen-bond donors (Lipinski definition) is 0. The van der Waals surface area contributed by atoms with Gasteiger partial charge in [0.05, 0.1) is 0 Å². The van der Waals surface area contributed by atoms with Crippen molar-refractivity contribution in [1.82, 2.24) is 14.6 Å². The summed E-state index contributed by atoms with van der Waals surface area (Å²) in [7, 11) is 0. The summed E-state index contributed by atoms with van der Waals surface area (Å²) in [6.07, 6.45) is 2.32. The predicted molar refractivity (Wildman–Crippen MR) is 43.4 cm³/mol. The number of halogens is 1. The standard InChI is InChI=1S/C7H4ClN3O/c8-6-1-2-11-7(9-6)3-5(4-12)10-11/h1-4H. The van der Waals surface area contributed by atoms with Crippen molar-refractivity contribution in [3.8, 4) is 0 Å². The molecule has 0 spiro atoms. The highest BCUT2D eigenvalue weighted by molar-refractivity contribution is 6.29. The predicted octanol–water partition coefficient (Wildman–Crippen LogP) is 1.20. The van der Waals surface area contributed by atoms with E-state index in [9.17, 15) is 4.79 Å². The Morgan fingerprint density at radius 2 is 2.42 bits per heavy atom. The van der Waals surface area contributed by atoms with E-state index < -0.39 is 0 Å². The molecule has 0 atom stereocenters. The monoisotopic (exact) mass is 181 g/mol. The number of aldehydes is 1. The third-order valence-electron chi connectivity index (χ3n) is 1.43. The topological polar surface area (TPSA) is 47.3 Å². The van der Waals surface area contributed by atoms with E-state index in [1.165, 1.54) is 4.52 Å². The van der Waals surface area contributed by atoms with Crippen LogP contribution in [0.25, 0.3) is 5.65 Å². The maximum absolute atomic E-state index is 10.3. The zero-order valence-corrected chi connectivity index (χ0v) is 6.69. The Balaban J connectivity index is 2.75. The van der Waals surface area contributed by atoms with Gasteiger partial charge < -0.3 is 0 Å². The molecule has 0 aliphatic carbocycles. The summed E-state index contributed by atoms with van der Waals surface area (Å²) in [5.41, 5.74) is 0.925. The Hall–Kier alpha value is -1.42. The van der Waals surface area contributed by atoms with Gasteiger partial charge in [-0.2, -0.15) is 5.10 Å². The Bertz CT molecular complexity index is 437. The summed E-state index contributed by atoms with van der Waals surface area (Å²) in [5, 5.41) is 4.29. The van der Waals surface area contributed by atoms with Crippen molar-refractivity contribution in [2.45, 2.75) is 0 Å². The number of nitrogens with zero attached hydrogens (tertiary/aromatic N) is 3. The van der Waals surface area contributed by atoms with Gasteiger partial charge in [0.15, 0.2) is 11.9 Å². The molecule has 0 N–H and O–H groups in total. The fraction of sp³-hybridized carbons (Fsp3) is 0. The molecule has 0 saturated carbocycles. The summed E-state index contributed by atoms with van der Waals surface area (Å²) in [6.45, 7) is 0. The minimum Gasteiger partial charge on any atom is -0.296 e. The van der Waals surface area contributed by atoms with Gasteiger partial charge in [0, 0.05) is 12.3 Å². The van der Waals surface area contributed by atoms with Gasteiger partial charge in [-0.25, -0.2) is 9.50 Å². The summed E-state index contributed by atoms with van der Waals surface area (Å²) in [5.74, 6) is 0. The molecular formula is C7H4ClN3O. The Labute approximate surface area is 72.8 Å². The maximum Gasteiger partial charge on any atom is 0.170 e. The molecule has 0 unspecified atom stereocenters. The molecule has 0 aliphatic rings. The van der Waals surface area contributed by atoms with Crippen LogP contribution in [0.4, 0.5) is 0 Å². The van der Waals surface area contributed by atoms with E-state index in [1.807, 2.05) is 0 Å². The van der Waals surface area contributed by atoms with Crippen molar-refractivity contribution in [3.05, 3.63) is 29.2 Å². The number of hydrogen-bond acceptors (Lipinski definition) is 3. The van der Waals surface area contributed by atoms with E-state index >= 15 is 0 Å². The lowest BCUT2D eigenvalue weighted by Crippen LogP contribution is -1.89. The van der Waals surface area contributed by atoms with Gasteiger partial charge in [-0.05, 0) is 6.07 Å². The van der Waals surface area contributed by atoms with Gasteiger partial charge in [-0.1, -0.05) is 11.6 Å². The van der Waals surface area contributed by atoms with Crippen molar-refractivity contribution < 1.29 is 4.79 Å². The molecule has 0 radical (unpaired) electrons. The van der Waals surface area contributed by atoms with E-state index in [4.69, 9.17) is 11.6 Å². The lowest BCUT2D eigenvalue weighted by atomic mass is 10.5. The molecule has 0 amide bonds. The first kappa shape index (κ1) is 7.24. The van der Waals surface area contributed by atoms with Gasteiger partial charge in [0.1, 0.15) is 10.8 Å². The lowest BCUT2D eigenvalue weighted by Gasteiger charge is -1.90. The second-order valence-electron chi connectivity index (χ2n) is 2.24. The minimum absolute atomic E-state index is 0.352. The first-order chi connectivity index (χ1) is 5.79. The largest absolute Gasteiger partial charge is 0.296 e. The smallest absolute Gasteiger partial charge is 0.170 e. The van der Waals surface area contributed by atoms with Crippen LogP contribution < -0.4 is 0 Å². The third-order valence-corrected chi connectivity index (χ3v) is 1.64. The number of rotatable bonds is 1.